The molecule has 0 saturated carbocycles. The van der Waals surface area contributed by atoms with Crippen LogP contribution in [0.1, 0.15) is 30.0 Å². The molecule has 0 rings (SSSR count). The summed E-state index contributed by atoms with van der Waals surface area (Å²) in [7, 11) is 0. The van der Waals surface area contributed by atoms with E-state index in [9.17, 15) is 33.9 Å². The third kappa shape index (κ3) is 18.1. The molecule has 0 aliphatic carbocycles. The van der Waals surface area contributed by atoms with E-state index in [0.717, 1.165) is 0 Å². The average molecular weight is 510 g/mol. The number of aliphatic hydroxyl groups is 1. The van der Waals surface area contributed by atoms with E-state index in [1.165, 1.54) is 0 Å². The second-order valence-electron chi connectivity index (χ2n) is 5.00. The van der Waals surface area contributed by atoms with Gasteiger partial charge in [-0.25, -0.2) is 9.59 Å². The zero-order valence-corrected chi connectivity index (χ0v) is 23.4. The van der Waals surface area contributed by atoms with Crippen LogP contribution in [-0.4, -0.2) is 99.6 Å². The monoisotopic (exact) mass is 510 g/mol. The van der Waals surface area contributed by atoms with E-state index in [1.54, 1.807) is 0 Å². The first kappa shape index (κ1) is 53.1. The average Bonchev–Trinajstić information content (AvgIpc) is 2.34. The molecule has 0 amide bonds. The molecule has 0 heterocycles. The zero-order chi connectivity index (χ0) is 20.0. The third-order valence-corrected chi connectivity index (χ3v) is 2.85. The van der Waals surface area contributed by atoms with E-state index in [2.05, 4.69) is 4.74 Å². The quantitative estimate of drug-likeness (QED) is 0.111. The Morgan fingerprint density at radius 1 is 0.594 bits per heavy atom. The maximum atomic E-state index is 11.7. The molecule has 0 radical (unpaired) electrons. The number of carboxylic acid groups (broad SMARTS) is 5. The molecular weight excluding hydrogens is 485 g/mol. The van der Waals surface area contributed by atoms with Crippen LogP contribution in [-0.2, 0) is 33.5 Å². The van der Waals surface area contributed by atoms with Crippen molar-refractivity contribution in [1.82, 2.24) is 0 Å². The molecule has 32 heavy (non-hydrogen) atoms. The Labute approximate surface area is 249 Å². The summed E-state index contributed by atoms with van der Waals surface area (Å²) in [6, 6.07) is 0. The van der Waals surface area contributed by atoms with E-state index >= 15 is 0 Å². The summed E-state index contributed by atoms with van der Waals surface area (Å²) >= 11 is 0. The van der Waals surface area contributed by atoms with Gasteiger partial charge in [-0.3, -0.25) is 19.2 Å². The van der Waals surface area contributed by atoms with Gasteiger partial charge < -0.3 is 61.6 Å². The van der Waals surface area contributed by atoms with Crippen LogP contribution >= 0.6 is 0 Å². The van der Waals surface area contributed by atoms with Gasteiger partial charge in [0.2, 0.25) is 5.60 Å². The van der Waals surface area contributed by atoms with Crippen molar-refractivity contribution in [2.24, 2.45) is 0 Å². The van der Waals surface area contributed by atoms with Gasteiger partial charge in [0.25, 0.3) is 0 Å². The summed E-state index contributed by atoms with van der Waals surface area (Å²) in [4.78, 5) is 66.0. The summed E-state index contributed by atoms with van der Waals surface area (Å²) < 4.78 is 4.33. The van der Waals surface area contributed by atoms with Crippen molar-refractivity contribution < 1.29 is 179 Å². The third-order valence-electron chi connectivity index (χ3n) is 2.85. The molecule has 0 bridgehead atoms. The van der Waals surface area contributed by atoms with E-state index in [-0.39, 0.29) is 115 Å². The molecule has 14 N–H and O–H groups in total. The molecule has 0 aliphatic rings. The van der Waals surface area contributed by atoms with Crippen molar-refractivity contribution in [2.45, 2.75) is 36.9 Å². The summed E-state index contributed by atoms with van der Waals surface area (Å²) in [5.74, 6) is -11.6. The van der Waals surface area contributed by atoms with Crippen LogP contribution in [0.15, 0.2) is 0 Å². The van der Waals surface area contributed by atoms with Crippen LogP contribution in [0, 0.1) is 0 Å². The number of carbonyl (C=O) groups excluding carboxylic acids is 1. The minimum Gasteiger partial charge on any atom is -1.00 e. The number of hydrogen-bond acceptors (Lipinski definition) is 8. The molecule has 17 nitrogen and oxygen atoms in total. The molecule has 0 aromatic rings. The fraction of sp³-hybridized carbons (Fsp3) is 0.500. The maximum Gasteiger partial charge on any atom is 1.00 e. The molecule has 0 saturated heterocycles. The Hall–Kier alpha value is -0.380. The molecule has 178 valence electrons. The van der Waals surface area contributed by atoms with E-state index in [4.69, 9.17) is 25.5 Å². The topological polar surface area (TPSA) is 359 Å². The first-order chi connectivity index (χ1) is 11.2. The number of carboxylic acids is 5. The number of ether oxygens (including phenoxy) is 1. The van der Waals surface area contributed by atoms with Gasteiger partial charge in [-0.05, 0) is 0 Å². The van der Waals surface area contributed by atoms with Crippen molar-refractivity contribution in [1.29, 1.82) is 0 Å². The number of rotatable bonds is 11. The van der Waals surface area contributed by atoms with Crippen LogP contribution in [0.4, 0.5) is 0 Å². The number of esters is 1. The summed E-state index contributed by atoms with van der Waals surface area (Å²) in [5.41, 5.74) is -6.24. The van der Waals surface area contributed by atoms with Crippen molar-refractivity contribution >= 4 is 35.8 Å². The Balaban J connectivity index is -0.0000000640. The molecule has 1 unspecified atom stereocenters. The summed E-state index contributed by atoms with van der Waals surface area (Å²) in [5, 5.41) is 53.5. The van der Waals surface area contributed by atoms with Gasteiger partial charge in [0.1, 0.15) is 0 Å². The maximum absolute atomic E-state index is 11.7. The fourth-order valence-electron chi connectivity index (χ4n) is 1.77. The van der Waals surface area contributed by atoms with Gasteiger partial charge in [-0.15, -0.1) is 0 Å². The normalized spacial score (nSPS) is 10.4. The number of carbonyl (C=O) groups is 6. The van der Waals surface area contributed by atoms with Crippen LogP contribution in [0.25, 0.3) is 0 Å². The fourth-order valence-corrected chi connectivity index (χ4v) is 1.77. The molecule has 0 spiro atoms. The number of aliphatic carboxylic acids is 5. The van der Waals surface area contributed by atoms with Gasteiger partial charge in [-0.1, -0.05) is 0 Å². The van der Waals surface area contributed by atoms with E-state index in [0.29, 0.717) is 0 Å². The molecule has 1 atom stereocenters. The van der Waals surface area contributed by atoms with E-state index in [1.807, 2.05) is 0 Å². The predicted molar refractivity (Wildman–Crippen MR) is 88.2 cm³/mol. The molecule has 0 aromatic carbocycles. The second-order valence-corrected chi connectivity index (χ2v) is 5.00. The van der Waals surface area contributed by atoms with Crippen molar-refractivity contribution in [3.8, 4) is 0 Å². The van der Waals surface area contributed by atoms with Crippen LogP contribution < -0.4 is 88.7 Å². The van der Waals surface area contributed by atoms with Gasteiger partial charge in [0.05, 0.1) is 25.7 Å². The predicted octanol–water partition coefficient (Wildman–Crippen LogP) is -14.0. The standard InChI is InChI=1S/C12H14O13.3Na.4H2O.3H/c13-5(14)1-11(24,9(20)21)4-8(19)25-12(10(22)23,2-6(15)16)3-7(17)18;;;;;;;;;;/h24H,1-4H2,(H,13,14)(H,15,16)(H,17,18)(H,20,21)(H,22,23);;;;4*1H2;;;/q;3*+1;;;;;3*-1. The Morgan fingerprint density at radius 3 is 1.12 bits per heavy atom. The van der Waals surface area contributed by atoms with Gasteiger partial charge >= 0.3 is 124 Å². The second kappa shape index (κ2) is 22.4. The number of hydrogen-bond donors (Lipinski definition) is 6. The van der Waals surface area contributed by atoms with Crippen LogP contribution in [0.3, 0.4) is 0 Å². The Morgan fingerprint density at radius 2 is 0.906 bits per heavy atom. The largest absolute Gasteiger partial charge is 1.00 e. The minimum atomic E-state index is -3.17. The van der Waals surface area contributed by atoms with Crippen molar-refractivity contribution in [2.75, 3.05) is 0 Å². The Kier molecular flexibility index (Phi) is 37.2. The summed E-state index contributed by atoms with van der Waals surface area (Å²) in [6.45, 7) is 0. The van der Waals surface area contributed by atoms with Gasteiger partial charge in [0.15, 0.2) is 5.60 Å². The minimum absolute atomic E-state index is 0. The first-order valence-electron chi connectivity index (χ1n) is 6.30. The molecule has 0 aromatic heterocycles. The smallest absolute Gasteiger partial charge is 1.00 e. The molecule has 20 heteroatoms. The molecular formula is C12H25Na3O17. The Bertz CT molecular complexity index is 623. The van der Waals surface area contributed by atoms with Crippen molar-refractivity contribution in [3.05, 3.63) is 0 Å². The van der Waals surface area contributed by atoms with Crippen LogP contribution in [0.2, 0.25) is 0 Å². The van der Waals surface area contributed by atoms with Gasteiger partial charge in [0, 0.05) is 0 Å². The van der Waals surface area contributed by atoms with Crippen LogP contribution in [0.5, 0.6) is 0 Å². The van der Waals surface area contributed by atoms with E-state index < -0.39 is 72.7 Å². The van der Waals surface area contributed by atoms with Gasteiger partial charge in [-0.2, -0.15) is 0 Å². The molecule has 0 fully saturated rings. The zero-order valence-electron chi connectivity index (χ0n) is 20.4. The van der Waals surface area contributed by atoms with Crippen molar-refractivity contribution in [3.63, 3.8) is 0 Å². The SMILES string of the molecule is O.O.O.O.O=C(O)CC(O)(CC(=O)OC(CC(=O)O)(CC(=O)O)C(=O)O)C(=O)O.[H-].[H-].[H-].[Na+].[Na+].[Na+]. The molecule has 0 aliphatic heterocycles. The summed E-state index contributed by atoms with van der Waals surface area (Å²) in [6.07, 6.45) is -5.94. The first-order valence-corrected chi connectivity index (χ1v) is 6.30.